The topological polar surface area (TPSA) is 80.9 Å². The zero-order valence-corrected chi connectivity index (χ0v) is 9.29. The van der Waals surface area contributed by atoms with Crippen LogP contribution in [0.3, 0.4) is 0 Å². The highest BCUT2D eigenvalue weighted by molar-refractivity contribution is 5.78. The summed E-state index contributed by atoms with van der Waals surface area (Å²) in [6.45, 7) is 3.92. The lowest BCUT2D eigenvalue weighted by atomic mass is 10.1. The van der Waals surface area contributed by atoms with Crippen molar-refractivity contribution < 1.29 is 5.11 Å². The Bertz CT molecular complexity index is 548. The van der Waals surface area contributed by atoms with Crippen molar-refractivity contribution in [3.05, 3.63) is 28.7 Å². The highest BCUT2D eigenvalue weighted by Gasteiger charge is 2.11. The van der Waals surface area contributed by atoms with Gasteiger partial charge in [-0.1, -0.05) is 0 Å². The van der Waals surface area contributed by atoms with Crippen LogP contribution in [0.5, 0.6) is 0 Å². The second-order valence-corrected chi connectivity index (χ2v) is 4.51. The van der Waals surface area contributed by atoms with Gasteiger partial charge in [-0.15, -0.1) is 0 Å². The molecule has 0 saturated carbocycles. The van der Waals surface area contributed by atoms with Crippen LogP contribution in [0.4, 0.5) is 5.69 Å². The number of aromatic amines is 2. The van der Waals surface area contributed by atoms with Crippen LogP contribution in [0.25, 0.3) is 11.0 Å². The lowest BCUT2D eigenvalue weighted by Gasteiger charge is -2.18. The Hall–Kier alpha value is -1.75. The number of aliphatic hydroxyl groups is 1. The van der Waals surface area contributed by atoms with E-state index in [4.69, 9.17) is 0 Å². The maximum absolute atomic E-state index is 11.0. The molecule has 16 heavy (non-hydrogen) atoms. The summed E-state index contributed by atoms with van der Waals surface area (Å²) in [5, 5.41) is 12.7. The molecule has 0 amide bonds. The molecule has 1 aromatic carbocycles. The van der Waals surface area contributed by atoms with Gasteiger partial charge < -0.3 is 20.4 Å². The molecule has 5 heteroatoms. The summed E-state index contributed by atoms with van der Waals surface area (Å²) in [4.78, 5) is 16.4. The number of hydrogen-bond acceptors (Lipinski definition) is 3. The summed E-state index contributed by atoms with van der Waals surface area (Å²) >= 11 is 0. The molecule has 0 aliphatic heterocycles. The molecule has 0 aliphatic rings. The van der Waals surface area contributed by atoms with Crippen molar-refractivity contribution >= 4 is 16.7 Å². The Morgan fingerprint density at radius 1 is 1.31 bits per heavy atom. The minimum atomic E-state index is -0.763. The smallest absolute Gasteiger partial charge is 0.323 e. The number of hydrogen-bond donors (Lipinski definition) is 4. The third-order valence-electron chi connectivity index (χ3n) is 2.24. The Morgan fingerprint density at radius 2 is 2.00 bits per heavy atom. The Morgan fingerprint density at radius 3 is 2.69 bits per heavy atom. The van der Waals surface area contributed by atoms with Crippen LogP contribution in [0, 0.1) is 0 Å². The van der Waals surface area contributed by atoms with Crippen molar-refractivity contribution in [2.24, 2.45) is 0 Å². The molecule has 1 heterocycles. The number of H-pyrrole nitrogens is 2. The highest BCUT2D eigenvalue weighted by Crippen LogP contribution is 2.15. The van der Waals surface area contributed by atoms with Crippen LogP contribution in [-0.2, 0) is 0 Å². The van der Waals surface area contributed by atoms with E-state index in [0.717, 1.165) is 16.7 Å². The largest absolute Gasteiger partial charge is 0.389 e. The van der Waals surface area contributed by atoms with Gasteiger partial charge in [0.15, 0.2) is 0 Å². The van der Waals surface area contributed by atoms with Crippen molar-refractivity contribution in [3.63, 3.8) is 0 Å². The molecule has 0 atom stereocenters. The monoisotopic (exact) mass is 221 g/mol. The maximum atomic E-state index is 11.0. The standard InChI is InChI=1S/C11H15N3O2/c1-11(2,16)6-12-7-3-4-8-9(5-7)14-10(15)13-8/h3-5,12,16H,6H2,1-2H3,(H2,13,14,15). The van der Waals surface area contributed by atoms with Crippen LogP contribution in [0.2, 0.25) is 0 Å². The first-order chi connectivity index (χ1) is 7.44. The molecule has 0 unspecified atom stereocenters. The minimum Gasteiger partial charge on any atom is -0.389 e. The second-order valence-electron chi connectivity index (χ2n) is 4.51. The fraction of sp³-hybridized carbons (Fsp3) is 0.364. The van der Waals surface area contributed by atoms with E-state index in [-0.39, 0.29) is 5.69 Å². The zero-order valence-electron chi connectivity index (χ0n) is 9.29. The number of benzene rings is 1. The lowest BCUT2D eigenvalue weighted by molar-refractivity contribution is 0.0945. The fourth-order valence-electron chi connectivity index (χ4n) is 1.46. The first-order valence-electron chi connectivity index (χ1n) is 5.12. The van der Waals surface area contributed by atoms with E-state index in [9.17, 15) is 9.90 Å². The summed E-state index contributed by atoms with van der Waals surface area (Å²) < 4.78 is 0. The molecule has 2 rings (SSSR count). The number of fused-ring (bicyclic) bond motifs is 1. The van der Waals surface area contributed by atoms with Crippen molar-refractivity contribution in [2.45, 2.75) is 19.4 Å². The van der Waals surface area contributed by atoms with E-state index in [1.807, 2.05) is 18.2 Å². The normalized spacial score (nSPS) is 11.9. The average Bonchev–Trinajstić information content (AvgIpc) is 2.52. The molecule has 4 N–H and O–H groups in total. The van der Waals surface area contributed by atoms with Gasteiger partial charge >= 0.3 is 5.69 Å². The summed E-state index contributed by atoms with van der Waals surface area (Å²) in [6.07, 6.45) is 0. The van der Waals surface area contributed by atoms with E-state index in [0.29, 0.717) is 6.54 Å². The van der Waals surface area contributed by atoms with Crippen LogP contribution < -0.4 is 11.0 Å². The summed E-state index contributed by atoms with van der Waals surface area (Å²) in [7, 11) is 0. The molecule has 0 radical (unpaired) electrons. The van der Waals surface area contributed by atoms with Crippen molar-refractivity contribution in [2.75, 3.05) is 11.9 Å². The van der Waals surface area contributed by atoms with Gasteiger partial charge in [0.2, 0.25) is 0 Å². The third-order valence-corrected chi connectivity index (χ3v) is 2.24. The van der Waals surface area contributed by atoms with Gasteiger partial charge in [-0.25, -0.2) is 4.79 Å². The molecule has 5 nitrogen and oxygen atoms in total. The van der Waals surface area contributed by atoms with Gasteiger partial charge in [-0.05, 0) is 32.0 Å². The van der Waals surface area contributed by atoms with Crippen LogP contribution in [-0.4, -0.2) is 27.2 Å². The SMILES string of the molecule is CC(C)(O)CNc1ccc2[nH]c(=O)[nH]c2c1. The first kappa shape index (κ1) is 10.8. The summed E-state index contributed by atoms with van der Waals surface area (Å²) in [5.41, 5.74) is 1.42. The second kappa shape index (κ2) is 3.68. The quantitative estimate of drug-likeness (QED) is 0.625. The maximum Gasteiger partial charge on any atom is 0.323 e. The molecule has 1 aromatic heterocycles. The molecule has 2 aromatic rings. The van der Waals surface area contributed by atoms with Crippen LogP contribution >= 0.6 is 0 Å². The first-order valence-corrected chi connectivity index (χ1v) is 5.12. The summed E-state index contributed by atoms with van der Waals surface area (Å²) in [5.74, 6) is 0. The predicted molar refractivity (Wildman–Crippen MR) is 63.7 cm³/mol. The van der Waals surface area contributed by atoms with Gasteiger partial charge in [0.25, 0.3) is 0 Å². The third kappa shape index (κ3) is 2.43. The predicted octanol–water partition coefficient (Wildman–Crippen LogP) is 1.04. The molecule has 0 saturated heterocycles. The van der Waals surface area contributed by atoms with E-state index >= 15 is 0 Å². The van der Waals surface area contributed by atoms with Gasteiger partial charge in [-0.3, -0.25) is 0 Å². The van der Waals surface area contributed by atoms with Crippen molar-refractivity contribution in [1.82, 2.24) is 9.97 Å². The molecule has 0 fully saturated rings. The summed E-state index contributed by atoms with van der Waals surface area (Å²) in [6, 6.07) is 5.51. The Balaban J connectivity index is 2.22. The highest BCUT2D eigenvalue weighted by atomic mass is 16.3. The fourth-order valence-corrected chi connectivity index (χ4v) is 1.46. The number of rotatable bonds is 3. The molecular formula is C11H15N3O2. The molecular weight excluding hydrogens is 206 g/mol. The lowest BCUT2D eigenvalue weighted by Crippen LogP contribution is -2.29. The van der Waals surface area contributed by atoms with E-state index in [1.54, 1.807) is 13.8 Å². The average molecular weight is 221 g/mol. The van der Waals surface area contributed by atoms with Crippen molar-refractivity contribution in [1.29, 1.82) is 0 Å². The van der Waals surface area contributed by atoms with Crippen LogP contribution in [0.15, 0.2) is 23.0 Å². The Labute approximate surface area is 92.5 Å². The number of anilines is 1. The van der Waals surface area contributed by atoms with E-state index in [2.05, 4.69) is 15.3 Å². The Kier molecular flexibility index (Phi) is 2.47. The van der Waals surface area contributed by atoms with Gasteiger partial charge in [0, 0.05) is 12.2 Å². The number of nitrogens with one attached hydrogen (secondary N) is 3. The number of imidazole rings is 1. The molecule has 0 spiro atoms. The van der Waals surface area contributed by atoms with Gasteiger partial charge in [-0.2, -0.15) is 0 Å². The van der Waals surface area contributed by atoms with E-state index in [1.165, 1.54) is 0 Å². The van der Waals surface area contributed by atoms with Gasteiger partial charge in [0.1, 0.15) is 0 Å². The van der Waals surface area contributed by atoms with E-state index < -0.39 is 5.60 Å². The molecule has 0 aliphatic carbocycles. The van der Waals surface area contributed by atoms with Crippen LogP contribution in [0.1, 0.15) is 13.8 Å². The van der Waals surface area contributed by atoms with Crippen molar-refractivity contribution in [3.8, 4) is 0 Å². The zero-order chi connectivity index (χ0) is 11.8. The number of aromatic nitrogens is 2. The van der Waals surface area contributed by atoms with Gasteiger partial charge in [0.05, 0.1) is 16.6 Å². The minimum absolute atomic E-state index is 0.213. The molecule has 0 bridgehead atoms. The molecule has 86 valence electrons.